The number of nitrogens with one attached hydrogen (secondary N) is 2. The second-order valence-corrected chi connectivity index (χ2v) is 8.42. The highest BCUT2D eigenvalue weighted by atomic mass is 127. The summed E-state index contributed by atoms with van der Waals surface area (Å²) in [6.07, 6.45) is 6.71. The molecule has 0 aliphatic carbocycles. The van der Waals surface area contributed by atoms with E-state index in [1.54, 1.807) is 7.05 Å². The lowest BCUT2D eigenvalue weighted by Crippen LogP contribution is -2.37. The van der Waals surface area contributed by atoms with Gasteiger partial charge in [0.15, 0.2) is 5.96 Å². The number of rotatable bonds is 7. The zero-order valence-electron chi connectivity index (χ0n) is 19.8. The van der Waals surface area contributed by atoms with Gasteiger partial charge in [-0.05, 0) is 50.8 Å². The number of hydrogen-bond donors (Lipinski definition) is 2. The topological polar surface area (TPSA) is 85.0 Å². The fourth-order valence-corrected chi connectivity index (χ4v) is 4.32. The molecule has 0 bridgehead atoms. The van der Waals surface area contributed by atoms with Crippen molar-refractivity contribution in [1.82, 2.24) is 35.2 Å². The van der Waals surface area contributed by atoms with E-state index >= 15 is 0 Å². The first kappa shape index (κ1) is 25.2. The van der Waals surface area contributed by atoms with E-state index in [9.17, 15) is 0 Å². The van der Waals surface area contributed by atoms with Gasteiger partial charge in [0.05, 0.1) is 11.4 Å². The minimum atomic E-state index is 0. The summed E-state index contributed by atoms with van der Waals surface area (Å²) in [6, 6.07) is 10.4. The molecule has 0 amide bonds. The molecule has 0 unspecified atom stereocenters. The molecule has 1 aromatic carbocycles. The first-order valence-corrected chi connectivity index (χ1v) is 11.6. The molecule has 178 valence electrons. The molecule has 1 aliphatic rings. The normalized spacial score (nSPS) is 13.7. The second kappa shape index (κ2) is 12.2. The number of fused-ring (bicyclic) bond motifs is 1. The number of benzene rings is 1. The van der Waals surface area contributed by atoms with Gasteiger partial charge in [-0.25, -0.2) is 4.68 Å². The van der Waals surface area contributed by atoms with Crippen LogP contribution in [0.4, 0.5) is 0 Å². The van der Waals surface area contributed by atoms with Crippen molar-refractivity contribution in [2.24, 2.45) is 4.99 Å². The minimum absolute atomic E-state index is 0. The van der Waals surface area contributed by atoms with Gasteiger partial charge >= 0.3 is 0 Å². The first-order valence-electron chi connectivity index (χ1n) is 11.6. The molecule has 8 nitrogen and oxygen atoms in total. The van der Waals surface area contributed by atoms with Crippen LogP contribution in [0.5, 0.6) is 0 Å². The number of aliphatic imine (C=N–C) groups is 1. The largest absolute Gasteiger partial charge is 0.356 e. The van der Waals surface area contributed by atoms with Crippen LogP contribution in [0.25, 0.3) is 5.69 Å². The predicted octanol–water partition coefficient (Wildman–Crippen LogP) is 3.72. The summed E-state index contributed by atoms with van der Waals surface area (Å²) in [5.74, 6) is 3.07. The van der Waals surface area contributed by atoms with E-state index in [-0.39, 0.29) is 24.0 Å². The van der Waals surface area contributed by atoms with E-state index in [4.69, 9.17) is 0 Å². The summed E-state index contributed by atoms with van der Waals surface area (Å²) in [5.41, 5.74) is 4.41. The van der Waals surface area contributed by atoms with Gasteiger partial charge in [-0.3, -0.25) is 4.99 Å². The van der Waals surface area contributed by atoms with Crippen LogP contribution in [0.15, 0.2) is 35.3 Å². The van der Waals surface area contributed by atoms with Gasteiger partial charge in [0.1, 0.15) is 11.6 Å². The Morgan fingerprint density at radius 2 is 1.94 bits per heavy atom. The molecule has 33 heavy (non-hydrogen) atoms. The van der Waals surface area contributed by atoms with Gasteiger partial charge in [0.2, 0.25) is 0 Å². The van der Waals surface area contributed by atoms with Crippen molar-refractivity contribution in [1.29, 1.82) is 0 Å². The fraction of sp³-hybridized carbons (Fsp3) is 0.500. The van der Waals surface area contributed by atoms with Gasteiger partial charge in [-0.1, -0.05) is 24.6 Å². The van der Waals surface area contributed by atoms with E-state index in [0.29, 0.717) is 6.54 Å². The van der Waals surface area contributed by atoms with E-state index in [1.807, 2.05) is 17.7 Å². The third-order valence-corrected chi connectivity index (χ3v) is 5.96. The summed E-state index contributed by atoms with van der Waals surface area (Å²) in [6.45, 7) is 6.67. The van der Waals surface area contributed by atoms with Crippen LogP contribution < -0.4 is 10.6 Å². The maximum atomic E-state index is 4.64. The number of halogens is 1. The van der Waals surface area contributed by atoms with Gasteiger partial charge < -0.3 is 15.2 Å². The standard InChI is InChI=1S/C24H34N8.HI/c1-18-16-19(2)32(30-18)21-11-7-6-10-20(21)17-27-24(25-3)26-14-9-13-23-29-28-22-12-5-4-8-15-31(22)23;/h6-7,10-11,16H,4-5,8-9,12-15,17H2,1-3H3,(H2,25,26,27);1H. The van der Waals surface area contributed by atoms with E-state index in [2.05, 4.69) is 66.7 Å². The lowest BCUT2D eigenvalue weighted by atomic mass is 10.1. The molecule has 4 rings (SSSR count). The molecule has 0 fully saturated rings. The van der Waals surface area contributed by atoms with Crippen molar-refractivity contribution in [3.63, 3.8) is 0 Å². The number of nitrogens with zero attached hydrogens (tertiary/aromatic N) is 6. The van der Waals surface area contributed by atoms with Gasteiger partial charge in [-0.15, -0.1) is 34.2 Å². The fourth-order valence-electron chi connectivity index (χ4n) is 4.32. The number of aromatic nitrogens is 5. The quantitative estimate of drug-likeness (QED) is 0.199. The van der Waals surface area contributed by atoms with Gasteiger partial charge in [-0.2, -0.15) is 5.10 Å². The predicted molar refractivity (Wildman–Crippen MR) is 143 cm³/mol. The smallest absolute Gasteiger partial charge is 0.191 e. The van der Waals surface area contributed by atoms with Crippen LogP contribution in [0.3, 0.4) is 0 Å². The molecule has 3 aromatic rings. The second-order valence-electron chi connectivity index (χ2n) is 8.42. The van der Waals surface area contributed by atoms with Crippen LogP contribution >= 0.6 is 24.0 Å². The van der Waals surface area contributed by atoms with Gasteiger partial charge in [0, 0.05) is 45.2 Å². The summed E-state index contributed by atoms with van der Waals surface area (Å²) in [5, 5.41) is 20.3. The van der Waals surface area contributed by atoms with E-state index in [1.165, 1.54) is 24.8 Å². The highest BCUT2D eigenvalue weighted by Gasteiger charge is 2.14. The Bertz CT molecular complexity index is 1070. The Labute approximate surface area is 213 Å². The highest BCUT2D eigenvalue weighted by molar-refractivity contribution is 14.0. The molecule has 1 aliphatic heterocycles. The Balaban J connectivity index is 0.00000306. The van der Waals surface area contributed by atoms with Crippen molar-refractivity contribution in [2.45, 2.75) is 65.5 Å². The van der Waals surface area contributed by atoms with Crippen LogP contribution in [-0.4, -0.2) is 44.1 Å². The summed E-state index contributed by atoms with van der Waals surface area (Å²) in [4.78, 5) is 4.38. The van der Waals surface area contributed by atoms with E-state index < -0.39 is 0 Å². The average molecular weight is 563 g/mol. The summed E-state index contributed by atoms with van der Waals surface area (Å²) < 4.78 is 4.33. The monoisotopic (exact) mass is 562 g/mol. The Hall–Kier alpha value is -2.43. The Kier molecular flexibility index (Phi) is 9.28. The van der Waals surface area contributed by atoms with Crippen molar-refractivity contribution < 1.29 is 0 Å². The van der Waals surface area contributed by atoms with Crippen LogP contribution in [0.2, 0.25) is 0 Å². The molecule has 2 N–H and O–H groups in total. The van der Waals surface area contributed by atoms with E-state index in [0.717, 1.165) is 67.0 Å². The Morgan fingerprint density at radius 1 is 1.09 bits per heavy atom. The zero-order chi connectivity index (χ0) is 22.3. The highest BCUT2D eigenvalue weighted by Crippen LogP contribution is 2.17. The maximum Gasteiger partial charge on any atom is 0.191 e. The number of hydrogen-bond acceptors (Lipinski definition) is 4. The molecule has 0 radical (unpaired) electrons. The molecule has 9 heteroatoms. The summed E-state index contributed by atoms with van der Waals surface area (Å²) in [7, 11) is 1.81. The van der Waals surface area contributed by atoms with Crippen LogP contribution in [0, 0.1) is 13.8 Å². The number of para-hydroxylation sites is 1. The molecule has 3 heterocycles. The molecule has 0 saturated carbocycles. The van der Waals surface area contributed by atoms with Crippen molar-refractivity contribution >= 4 is 29.9 Å². The zero-order valence-corrected chi connectivity index (χ0v) is 22.2. The third-order valence-electron chi connectivity index (χ3n) is 5.96. The number of aryl methyl sites for hydroxylation is 4. The maximum absolute atomic E-state index is 4.64. The lowest BCUT2D eigenvalue weighted by molar-refractivity contribution is 0.594. The molecular weight excluding hydrogens is 527 g/mol. The van der Waals surface area contributed by atoms with Crippen molar-refractivity contribution in [2.75, 3.05) is 13.6 Å². The van der Waals surface area contributed by atoms with Crippen LogP contribution in [0.1, 0.15) is 54.3 Å². The summed E-state index contributed by atoms with van der Waals surface area (Å²) >= 11 is 0. The third kappa shape index (κ3) is 6.33. The molecule has 0 saturated heterocycles. The molecule has 0 atom stereocenters. The minimum Gasteiger partial charge on any atom is -0.356 e. The SMILES string of the molecule is CN=C(NCCCc1nnc2n1CCCCC2)NCc1ccccc1-n1nc(C)cc1C.I. The Morgan fingerprint density at radius 3 is 2.73 bits per heavy atom. The molecule has 0 spiro atoms. The van der Waals surface area contributed by atoms with Crippen LogP contribution in [-0.2, 0) is 25.9 Å². The lowest BCUT2D eigenvalue weighted by Gasteiger charge is -2.15. The average Bonchev–Trinajstić information content (AvgIpc) is 3.25. The van der Waals surface area contributed by atoms with Crippen molar-refractivity contribution in [3.05, 3.63) is 58.9 Å². The first-order chi connectivity index (χ1) is 15.7. The molecule has 2 aromatic heterocycles. The van der Waals surface area contributed by atoms with Gasteiger partial charge in [0.25, 0.3) is 0 Å². The van der Waals surface area contributed by atoms with Crippen molar-refractivity contribution in [3.8, 4) is 5.69 Å². The number of guanidine groups is 1. The molecular formula is C24H35IN8.